The molecule has 2 aromatic carbocycles. The predicted molar refractivity (Wildman–Crippen MR) is 111 cm³/mol. The Morgan fingerprint density at radius 2 is 1.81 bits per heavy atom. The van der Waals surface area contributed by atoms with Gasteiger partial charge in [-0.05, 0) is 59.7 Å². The van der Waals surface area contributed by atoms with Crippen LogP contribution in [0.15, 0.2) is 78.4 Å². The first-order valence-electron chi connectivity index (χ1n) is 9.53. The fourth-order valence-corrected chi connectivity index (χ4v) is 4.41. The van der Waals surface area contributed by atoms with Crippen LogP contribution in [0.5, 0.6) is 0 Å². The second-order valence-electron chi connectivity index (χ2n) is 7.37. The second-order valence-corrected chi connectivity index (χ2v) is 7.37. The van der Waals surface area contributed by atoms with Gasteiger partial charge in [-0.15, -0.1) is 0 Å². The van der Waals surface area contributed by atoms with Crippen molar-refractivity contribution in [1.82, 2.24) is 4.57 Å². The van der Waals surface area contributed by atoms with Crippen LogP contribution in [0, 0.1) is 5.92 Å². The summed E-state index contributed by atoms with van der Waals surface area (Å²) in [5.41, 5.74) is 8.25. The van der Waals surface area contributed by atoms with E-state index in [1.165, 1.54) is 51.7 Å². The van der Waals surface area contributed by atoms with E-state index in [2.05, 4.69) is 90.5 Å². The van der Waals surface area contributed by atoms with Gasteiger partial charge in [-0.25, -0.2) is 0 Å². The van der Waals surface area contributed by atoms with E-state index in [-0.39, 0.29) is 0 Å². The Morgan fingerprint density at radius 3 is 2.62 bits per heavy atom. The van der Waals surface area contributed by atoms with E-state index < -0.39 is 0 Å². The van der Waals surface area contributed by atoms with E-state index in [1.54, 1.807) is 0 Å². The molecule has 26 heavy (non-hydrogen) atoms. The van der Waals surface area contributed by atoms with Gasteiger partial charge in [-0.1, -0.05) is 60.7 Å². The zero-order chi connectivity index (χ0) is 17.5. The molecule has 0 amide bonds. The summed E-state index contributed by atoms with van der Waals surface area (Å²) in [5, 5.41) is 1.40. The van der Waals surface area contributed by atoms with E-state index in [0.29, 0.717) is 5.92 Å². The van der Waals surface area contributed by atoms with E-state index in [4.69, 9.17) is 0 Å². The predicted octanol–water partition coefficient (Wildman–Crippen LogP) is 6.31. The first kappa shape index (κ1) is 15.5. The van der Waals surface area contributed by atoms with Crippen molar-refractivity contribution in [2.45, 2.75) is 19.3 Å². The number of aryl methyl sites for hydroxylation is 1. The van der Waals surface area contributed by atoms with Crippen LogP contribution in [0.25, 0.3) is 28.1 Å². The third kappa shape index (κ3) is 2.47. The molecule has 128 valence electrons. The van der Waals surface area contributed by atoms with Gasteiger partial charge in [0.05, 0.1) is 0 Å². The van der Waals surface area contributed by atoms with Crippen LogP contribution >= 0.6 is 0 Å². The quantitative estimate of drug-likeness (QED) is 0.516. The summed E-state index contributed by atoms with van der Waals surface area (Å²) >= 11 is 0. The minimum atomic E-state index is 0.505. The number of aromatic nitrogens is 1. The molecule has 0 aliphatic heterocycles. The SMILES string of the molecule is Cn1c2c(c3cc(-c4ccccc4)ccc31)CC(C1=CCCC=C1)C=C2. The molecule has 3 aromatic rings. The average molecular weight is 337 g/mol. The summed E-state index contributed by atoms with van der Waals surface area (Å²) in [6, 6.07) is 17.6. The van der Waals surface area contributed by atoms with Gasteiger partial charge in [0.25, 0.3) is 0 Å². The zero-order valence-corrected chi connectivity index (χ0v) is 15.2. The largest absolute Gasteiger partial charge is 0.344 e. The van der Waals surface area contributed by atoms with Crippen LogP contribution in [0.4, 0.5) is 0 Å². The highest BCUT2D eigenvalue weighted by molar-refractivity contribution is 5.92. The van der Waals surface area contributed by atoms with Gasteiger partial charge in [-0.3, -0.25) is 0 Å². The second kappa shape index (κ2) is 6.17. The van der Waals surface area contributed by atoms with Crippen LogP contribution in [-0.4, -0.2) is 4.57 Å². The molecule has 2 aliphatic rings. The summed E-state index contributed by atoms with van der Waals surface area (Å²) < 4.78 is 2.34. The fourth-order valence-electron chi connectivity index (χ4n) is 4.41. The third-order valence-electron chi connectivity index (χ3n) is 5.82. The molecule has 0 N–H and O–H groups in total. The number of hydrogen-bond donors (Lipinski definition) is 0. The van der Waals surface area contributed by atoms with Crippen molar-refractivity contribution >= 4 is 17.0 Å². The van der Waals surface area contributed by atoms with Crippen LogP contribution in [0.3, 0.4) is 0 Å². The number of benzene rings is 2. The summed E-state index contributed by atoms with van der Waals surface area (Å²) in [6.07, 6.45) is 15.2. The molecule has 0 radical (unpaired) electrons. The number of fused-ring (bicyclic) bond motifs is 3. The smallest absolute Gasteiger partial charge is 0.0485 e. The molecule has 0 saturated heterocycles. The molecule has 0 fully saturated rings. The average Bonchev–Trinajstić information content (AvgIpc) is 3.01. The summed E-state index contributed by atoms with van der Waals surface area (Å²) in [7, 11) is 2.19. The lowest BCUT2D eigenvalue weighted by Crippen LogP contribution is -2.10. The van der Waals surface area contributed by atoms with Gasteiger partial charge < -0.3 is 4.57 Å². The molecule has 0 saturated carbocycles. The maximum absolute atomic E-state index is 2.42. The van der Waals surface area contributed by atoms with Crippen molar-refractivity contribution in [3.8, 4) is 11.1 Å². The Morgan fingerprint density at radius 1 is 0.923 bits per heavy atom. The maximum Gasteiger partial charge on any atom is 0.0485 e. The summed E-state index contributed by atoms with van der Waals surface area (Å²) in [5.74, 6) is 0.505. The lowest BCUT2D eigenvalue weighted by Gasteiger charge is -2.21. The first-order chi connectivity index (χ1) is 12.8. The number of rotatable bonds is 2. The fraction of sp³-hybridized carbons (Fsp3) is 0.200. The highest BCUT2D eigenvalue weighted by atomic mass is 14.9. The Balaban J connectivity index is 1.62. The van der Waals surface area contributed by atoms with Crippen molar-refractivity contribution in [2.75, 3.05) is 0 Å². The van der Waals surface area contributed by atoms with E-state index >= 15 is 0 Å². The number of hydrogen-bond acceptors (Lipinski definition) is 0. The monoisotopic (exact) mass is 337 g/mol. The van der Waals surface area contributed by atoms with Crippen LogP contribution in [0.2, 0.25) is 0 Å². The van der Waals surface area contributed by atoms with Crippen molar-refractivity contribution in [1.29, 1.82) is 0 Å². The maximum atomic E-state index is 2.42. The summed E-state index contributed by atoms with van der Waals surface area (Å²) in [6.45, 7) is 0. The third-order valence-corrected chi connectivity index (χ3v) is 5.82. The molecule has 0 bridgehead atoms. The Labute approximate surface area is 155 Å². The summed E-state index contributed by atoms with van der Waals surface area (Å²) in [4.78, 5) is 0. The van der Waals surface area contributed by atoms with Gasteiger partial charge in [-0.2, -0.15) is 0 Å². The van der Waals surface area contributed by atoms with Crippen LogP contribution in [-0.2, 0) is 13.5 Å². The highest BCUT2D eigenvalue weighted by Gasteiger charge is 2.22. The van der Waals surface area contributed by atoms with Crippen molar-refractivity contribution in [3.63, 3.8) is 0 Å². The molecule has 1 heterocycles. The topological polar surface area (TPSA) is 4.93 Å². The molecular weight excluding hydrogens is 314 g/mol. The molecule has 1 atom stereocenters. The molecule has 5 rings (SSSR count). The molecule has 1 nitrogen and oxygen atoms in total. The van der Waals surface area contributed by atoms with Crippen molar-refractivity contribution in [2.24, 2.45) is 13.0 Å². The Hall–Kier alpha value is -2.80. The van der Waals surface area contributed by atoms with Crippen LogP contribution < -0.4 is 0 Å². The lowest BCUT2D eigenvalue weighted by molar-refractivity contribution is 0.746. The van der Waals surface area contributed by atoms with Crippen molar-refractivity contribution in [3.05, 3.63) is 89.7 Å². The van der Waals surface area contributed by atoms with E-state index in [9.17, 15) is 0 Å². The van der Waals surface area contributed by atoms with Gasteiger partial charge in [0.1, 0.15) is 0 Å². The molecule has 1 aromatic heterocycles. The van der Waals surface area contributed by atoms with Crippen LogP contribution in [0.1, 0.15) is 24.1 Å². The van der Waals surface area contributed by atoms with Gasteiger partial charge in [0, 0.05) is 29.6 Å². The molecule has 2 aliphatic carbocycles. The zero-order valence-electron chi connectivity index (χ0n) is 15.2. The van der Waals surface area contributed by atoms with Crippen molar-refractivity contribution < 1.29 is 0 Å². The minimum absolute atomic E-state index is 0.505. The molecule has 1 unspecified atom stereocenters. The molecule has 0 spiro atoms. The van der Waals surface area contributed by atoms with E-state index in [0.717, 1.165) is 6.42 Å². The van der Waals surface area contributed by atoms with Gasteiger partial charge >= 0.3 is 0 Å². The van der Waals surface area contributed by atoms with E-state index in [1.807, 2.05) is 0 Å². The first-order valence-corrected chi connectivity index (χ1v) is 9.53. The molecule has 1 heteroatoms. The standard InChI is InChI=1S/C25H23N/c1-26-24-14-12-20(18-8-4-2-5-9-18)16-22(24)23-17-21(13-15-25(23)26)19-10-6-3-7-11-19/h2,4-6,8-16,21H,3,7,17H2,1H3. The van der Waals surface area contributed by atoms with Gasteiger partial charge in [0.15, 0.2) is 0 Å². The Kier molecular flexibility index (Phi) is 3.67. The molecular formula is C25H23N. The lowest BCUT2D eigenvalue weighted by atomic mass is 9.84. The Bertz CT molecular complexity index is 1060. The van der Waals surface area contributed by atoms with Gasteiger partial charge in [0.2, 0.25) is 0 Å². The highest BCUT2D eigenvalue weighted by Crippen LogP contribution is 2.37. The normalized spacial score (nSPS) is 18.8. The number of allylic oxidation sites excluding steroid dienone is 5. The number of nitrogens with zero attached hydrogens (tertiary/aromatic N) is 1. The minimum Gasteiger partial charge on any atom is -0.344 e.